The second-order valence-electron chi connectivity index (χ2n) is 4.95. The normalized spacial score (nSPS) is 24.9. The molecule has 4 nitrogen and oxygen atoms in total. The van der Waals surface area contributed by atoms with Gasteiger partial charge in [0.2, 0.25) is 5.91 Å². The van der Waals surface area contributed by atoms with Crippen LogP contribution in [0.4, 0.5) is 0 Å². The lowest BCUT2D eigenvalue weighted by molar-refractivity contribution is -0.122. The average molecular weight is 211 g/mol. The minimum atomic E-state index is 0.00542. The Morgan fingerprint density at radius 1 is 1.40 bits per heavy atom. The Balaban J connectivity index is 1.62. The molecule has 1 amide bonds. The topological polar surface area (TPSA) is 67.2 Å². The Kier molecular flexibility index (Phi) is 3.26. The summed E-state index contributed by atoms with van der Waals surface area (Å²) in [6, 6.07) is 0.381. The molecule has 1 saturated carbocycles. The summed E-state index contributed by atoms with van der Waals surface area (Å²) < 4.78 is 0. The van der Waals surface area contributed by atoms with Crippen LogP contribution in [0.2, 0.25) is 0 Å². The molecule has 0 aromatic heterocycles. The van der Waals surface area contributed by atoms with E-state index in [0.717, 1.165) is 45.2 Å². The van der Waals surface area contributed by atoms with Crippen LogP contribution >= 0.6 is 0 Å². The van der Waals surface area contributed by atoms with E-state index in [0.29, 0.717) is 12.5 Å². The first kappa shape index (κ1) is 10.9. The molecule has 1 heterocycles. The number of nitrogens with two attached hydrogens (primary N) is 1. The molecule has 0 spiro atoms. The van der Waals surface area contributed by atoms with E-state index in [1.54, 1.807) is 0 Å². The third kappa shape index (κ3) is 3.47. The minimum absolute atomic E-state index is 0.00542. The molecule has 1 aliphatic carbocycles. The smallest absolute Gasteiger partial charge is 0.220 e. The van der Waals surface area contributed by atoms with E-state index in [1.165, 1.54) is 0 Å². The maximum Gasteiger partial charge on any atom is 0.220 e. The van der Waals surface area contributed by atoms with Gasteiger partial charge in [-0.15, -0.1) is 0 Å². The van der Waals surface area contributed by atoms with Crippen LogP contribution < -0.4 is 16.4 Å². The van der Waals surface area contributed by atoms with E-state index in [4.69, 9.17) is 5.73 Å². The predicted molar refractivity (Wildman–Crippen MR) is 59.4 cm³/mol. The van der Waals surface area contributed by atoms with E-state index >= 15 is 0 Å². The summed E-state index contributed by atoms with van der Waals surface area (Å²) in [5, 5.41) is 6.37. The second-order valence-corrected chi connectivity index (χ2v) is 4.95. The number of carbonyl (C=O) groups is 1. The molecule has 15 heavy (non-hydrogen) atoms. The van der Waals surface area contributed by atoms with Crippen molar-refractivity contribution in [2.75, 3.05) is 13.1 Å². The lowest BCUT2D eigenvalue weighted by atomic mass is 10.1. The number of amides is 1. The molecule has 0 radical (unpaired) electrons. The van der Waals surface area contributed by atoms with Gasteiger partial charge in [-0.25, -0.2) is 0 Å². The fourth-order valence-corrected chi connectivity index (χ4v) is 2.04. The molecule has 0 aromatic carbocycles. The van der Waals surface area contributed by atoms with Crippen molar-refractivity contribution in [3.05, 3.63) is 0 Å². The van der Waals surface area contributed by atoms with Gasteiger partial charge in [0.25, 0.3) is 0 Å². The van der Waals surface area contributed by atoms with E-state index < -0.39 is 0 Å². The molecule has 1 saturated heterocycles. The SMILES string of the molecule is NC1(CCC(=O)NC2CCNCC2)CC1. The van der Waals surface area contributed by atoms with Crippen LogP contribution in [0.25, 0.3) is 0 Å². The summed E-state index contributed by atoms with van der Waals surface area (Å²) >= 11 is 0. The quantitative estimate of drug-likeness (QED) is 0.619. The summed E-state index contributed by atoms with van der Waals surface area (Å²) in [5.74, 6) is 0.179. The highest BCUT2D eigenvalue weighted by molar-refractivity contribution is 5.76. The van der Waals surface area contributed by atoms with Crippen molar-refractivity contribution in [3.8, 4) is 0 Å². The van der Waals surface area contributed by atoms with Crippen molar-refractivity contribution >= 4 is 5.91 Å². The Hall–Kier alpha value is -0.610. The highest BCUT2D eigenvalue weighted by Gasteiger charge is 2.37. The number of nitrogens with one attached hydrogen (secondary N) is 2. The molecule has 0 aromatic rings. The van der Waals surface area contributed by atoms with Gasteiger partial charge in [0.15, 0.2) is 0 Å². The van der Waals surface area contributed by atoms with Crippen LogP contribution in [-0.4, -0.2) is 30.6 Å². The number of piperidine rings is 1. The van der Waals surface area contributed by atoms with Crippen LogP contribution in [0.15, 0.2) is 0 Å². The van der Waals surface area contributed by atoms with Crippen molar-refractivity contribution in [3.63, 3.8) is 0 Å². The number of rotatable bonds is 4. The molecule has 0 atom stereocenters. The average Bonchev–Trinajstić information content (AvgIpc) is 2.96. The van der Waals surface area contributed by atoms with Gasteiger partial charge in [-0.3, -0.25) is 4.79 Å². The van der Waals surface area contributed by atoms with Crippen molar-refractivity contribution < 1.29 is 4.79 Å². The predicted octanol–water partition coefficient (Wildman–Crippen LogP) is 0.126. The first-order valence-corrected chi connectivity index (χ1v) is 5.97. The molecule has 0 unspecified atom stereocenters. The van der Waals surface area contributed by atoms with Gasteiger partial charge in [0.1, 0.15) is 0 Å². The van der Waals surface area contributed by atoms with Gasteiger partial charge in [0, 0.05) is 18.0 Å². The Morgan fingerprint density at radius 2 is 2.07 bits per heavy atom. The lowest BCUT2D eigenvalue weighted by Crippen LogP contribution is -2.43. The molecule has 1 aliphatic heterocycles. The summed E-state index contributed by atoms with van der Waals surface area (Å²) in [7, 11) is 0. The number of hydrogen-bond acceptors (Lipinski definition) is 3. The van der Waals surface area contributed by atoms with E-state index in [9.17, 15) is 4.79 Å². The molecular formula is C11H21N3O. The Bertz CT molecular complexity index is 232. The molecule has 2 fully saturated rings. The second kappa shape index (κ2) is 4.49. The molecule has 2 aliphatic rings. The Labute approximate surface area is 91.0 Å². The zero-order valence-electron chi connectivity index (χ0n) is 9.22. The summed E-state index contributed by atoms with van der Waals surface area (Å²) in [6.07, 6.45) is 5.74. The molecular weight excluding hydrogens is 190 g/mol. The van der Waals surface area contributed by atoms with Gasteiger partial charge in [0.05, 0.1) is 0 Å². The standard InChI is InChI=1S/C11H21N3O/c12-11(5-6-11)4-1-10(15)14-9-2-7-13-8-3-9/h9,13H,1-8,12H2,(H,14,15). The molecule has 0 bridgehead atoms. The summed E-state index contributed by atoms with van der Waals surface area (Å²) in [6.45, 7) is 2.04. The van der Waals surface area contributed by atoms with Crippen molar-refractivity contribution in [2.24, 2.45) is 5.73 Å². The lowest BCUT2D eigenvalue weighted by Gasteiger charge is -2.23. The molecule has 2 rings (SSSR count). The van der Waals surface area contributed by atoms with Crippen LogP contribution in [0.3, 0.4) is 0 Å². The van der Waals surface area contributed by atoms with Gasteiger partial charge >= 0.3 is 0 Å². The molecule has 4 heteroatoms. The van der Waals surface area contributed by atoms with Crippen molar-refractivity contribution in [2.45, 2.75) is 50.1 Å². The van der Waals surface area contributed by atoms with Crippen LogP contribution in [0.5, 0.6) is 0 Å². The number of carbonyl (C=O) groups excluding carboxylic acids is 1. The third-order valence-electron chi connectivity index (χ3n) is 3.45. The van der Waals surface area contributed by atoms with Gasteiger partial charge in [-0.1, -0.05) is 0 Å². The van der Waals surface area contributed by atoms with E-state index in [1.807, 2.05) is 0 Å². The van der Waals surface area contributed by atoms with Crippen molar-refractivity contribution in [1.29, 1.82) is 0 Å². The summed E-state index contributed by atoms with van der Waals surface area (Å²) in [4.78, 5) is 11.6. The number of hydrogen-bond donors (Lipinski definition) is 3. The fourth-order valence-electron chi connectivity index (χ4n) is 2.04. The third-order valence-corrected chi connectivity index (χ3v) is 3.45. The summed E-state index contributed by atoms with van der Waals surface area (Å²) in [5.41, 5.74) is 5.94. The minimum Gasteiger partial charge on any atom is -0.353 e. The van der Waals surface area contributed by atoms with Crippen molar-refractivity contribution in [1.82, 2.24) is 10.6 Å². The van der Waals surface area contributed by atoms with Gasteiger partial charge < -0.3 is 16.4 Å². The highest BCUT2D eigenvalue weighted by Crippen LogP contribution is 2.36. The first-order chi connectivity index (χ1) is 7.18. The first-order valence-electron chi connectivity index (χ1n) is 5.97. The monoisotopic (exact) mass is 211 g/mol. The Morgan fingerprint density at radius 3 is 2.67 bits per heavy atom. The highest BCUT2D eigenvalue weighted by atomic mass is 16.1. The van der Waals surface area contributed by atoms with Gasteiger partial charge in [-0.05, 0) is 45.2 Å². The van der Waals surface area contributed by atoms with E-state index in [2.05, 4.69) is 10.6 Å². The van der Waals surface area contributed by atoms with Crippen LogP contribution in [0, 0.1) is 0 Å². The maximum atomic E-state index is 11.6. The van der Waals surface area contributed by atoms with Crippen LogP contribution in [-0.2, 0) is 4.79 Å². The largest absolute Gasteiger partial charge is 0.353 e. The van der Waals surface area contributed by atoms with Crippen LogP contribution in [0.1, 0.15) is 38.5 Å². The van der Waals surface area contributed by atoms with Gasteiger partial charge in [-0.2, -0.15) is 0 Å². The molecule has 4 N–H and O–H groups in total. The fraction of sp³-hybridized carbons (Fsp3) is 0.909. The molecule has 86 valence electrons. The zero-order chi connectivity index (χ0) is 10.7. The zero-order valence-corrected chi connectivity index (χ0v) is 9.22. The van der Waals surface area contributed by atoms with E-state index in [-0.39, 0.29) is 11.4 Å². The maximum absolute atomic E-state index is 11.6.